The fourth-order valence-corrected chi connectivity index (χ4v) is 2.07. The zero-order valence-electron chi connectivity index (χ0n) is 6.70. The van der Waals surface area contributed by atoms with Crippen LogP contribution in [0.3, 0.4) is 0 Å². The Morgan fingerprint density at radius 3 is 2.85 bits per heavy atom. The van der Waals surface area contributed by atoms with Gasteiger partial charge in [0.15, 0.2) is 0 Å². The molecule has 0 unspecified atom stereocenters. The summed E-state index contributed by atoms with van der Waals surface area (Å²) in [5.74, 6) is 0. The number of pyridine rings is 1. The topological polar surface area (TPSA) is 38.9 Å². The maximum absolute atomic E-state index is 5.98. The SMILES string of the molecule is Nc1cncc(-c2ccsc2Cl)c1. The quantitative estimate of drug-likeness (QED) is 0.786. The predicted molar refractivity (Wildman–Crippen MR) is 57.0 cm³/mol. The molecule has 2 aromatic rings. The van der Waals surface area contributed by atoms with Crippen LogP contribution >= 0.6 is 22.9 Å². The van der Waals surface area contributed by atoms with Crippen molar-refractivity contribution in [3.05, 3.63) is 34.2 Å². The Hall–Kier alpha value is -1.06. The van der Waals surface area contributed by atoms with Crippen molar-refractivity contribution in [1.82, 2.24) is 4.98 Å². The maximum atomic E-state index is 5.98. The lowest BCUT2D eigenvalue weighted by Crippen LogP contribution is -1.86. The van der Waals surface area contributed by atoms with Gasteiger partial charge < -0.3 is 5.73 Å². The first kappa shape index (κ1) is 8.53. The van der Waals surface area contributed by atoms with Crippen molar-refractivity contribution in [3.63, 3.8) is 0 Å². The normalized spacial score (nSPS) is 10.2. The van der Waals surface area contributed by atoms with Crippen LogP contribution in [-0.2, 0) is 0 Å². The molecule has 0 radical (unpaired) electrons. The molecular formula is C9H7ClN2S. The summed E-state index contributed by atoms with van der Waals surface area (Å²) in [6.07, 6.45) is 3.37. The second-order valence-electron chi connectivity index (χ2n) is 2.61. The Bertz CT molecular complexity index is 425. The minimum atomic E-state index is 0.653. The Kier molecular flexibility index (Phi) is 2.20. The molecule has 0 fully saturated rings. The number of hydrogen-bond donors (Lipinski definition) is 1. The molecule has 0 saturated heterocycles. The van der Waals surface area contributed by atoms with Crippen molar-refractivity contribution < 1.29 is 0 Å². The van der Waals surface area contributed by atoms with Crippen LogP contribution in [0.25, 0.3) is 11.1 Å². The Labute approximate surface area is 85.0 Å². The van der Waals surface area contributed by atoms with Crippen LogP contribution in [0.2, 0.25) is 4.34 Å². The fourth-order valence-electron chi connectivity index (χ4n) is 1.11. The van der Waals surface area contributed by atoms with Crippen LogP contribution in [-0.4, -0.2) is 4.98 Å². The van der Waals surface area contributed by atoms with E-state index in [9.17, 15) is 0 Å². The maximum Gasteiger partial charge on any atom is 0.101 e. The molecule has 0 aliphatic heterocycles. The first-order valence-electron chi connectivity index (χ1n) is 3.71. The lowest BCUT2D eigenvalue weighted by atomic mass is 10.1. The number of thiophene rings is 1. The number of anilines is 1. The summed E-state index contributed by atoms with van der Waals surface area (Å²) in [4.78, 5) is 4.00. The number of nitrogens with zero attached hydrogens (tertiary/aromatic N) is 1. The van der Waals surface area contributed by atoms with E-state index in [1.54, 1.807) is 12.4 Å². The second kappa shape index (κ2) is 3.36. The van der Waals surface area contributed by atoms with E-state index in [4.69, 9.17) is 17.3 Å². The van der Waals surface area contributed by atoms with Gasteiger partial charge >= 0.3 is 0 Å². The molecule has 66 valence electrons. The van der Waals surface area contributed by atoms with Crippen LogP contribution in [0.15, 0.2) is 29.9 Å². The number of nitrogen functional groups attached to an aromatic ring is 1. The summed E-state index contributed by atoms with van der Waals surface area (Å²) in [6.45, 7) is 0. The van der Waals surface area contributed by atoms with Crippen LogP contribution in [0.5, 0.6) is 0 Å². The molecular weight excluding hydrogens is 204 g/mol. The molecule has 0 aliphatic carbocycles. The van der Waals surface area contributed by atoms with Gasteiger partial charge in [-0.1, -0.05) is 11.6 Å². The smallest absolute Gasteiger partial charge is 0.101 e. The standard InChI is InChI=1S/C9H7ClN2S/c10-9-8(1-2-13-9)6-3-7(11)5-12-4-6/h1-5H,11H2. The number of aromatic nitrogens is 1. The van der Waals surface area contributed by atoms with Crippen molar-refractivity contribution in [2.45, 2.75) is 0 Å². The van der Waals surface area contributed by atoms with Gasteiger partial charge in [-0.15, -0.1) is 11.3 Å². The molecule has 2 heterocycles. The molecule has 2 N–H and O–H groups in total. The molecule has 0 bridgehead atoms. The van der Waals surface area contributed by atoms with Crippen LogP contribution in [0, 0.1) is 0 Å². The summed E-state index contributed by atoms with van der Waals surface area (Å²) < 4.78 is 0.771. The lowest BCUT2D eigenvalue weighted by molar-refractivity contribution is 1.33. The van der Waals surface area contributed by atoms with E-state index >= 15 is 0 Å². The van der Waals surface area contributed by atoms with E-state index in [1.165, 1.54) is 11.3 Å². The van der Waals surface area contributed by atoms with Crippen molar-refractivity contribution in [2.24, 2.45) is 0 Å². The second-order valence-corrected chi connectivity index (χ2v) is 4.13. The highest BCUT2D eigenvalue weighted by Crippen LogP contribution is 2.32. The van der Waals surface area contributed by atoms with Crippen LogP contribution in [0.1, 0.15) is 0 Å². The molecule has 13 heavy (non-hydrogen) atoms. The third-order valence-electron chi connectivity index (χ3n) is 1.69. The highest BCUT2D eigenvalue weighted by molar-refractivity contribution is 7.15. The number of halogens is 1. The Morgan fingerprint density at radius 2 is 2.23 bits per heavy atom. The van der Waals surface area contributed by atoms with Crippen LogP contribution in [0.4, 0.5) is 5.69 Å². The average Bonchev–Trinajstić information content (AvgIpc) is 2.51. The molecule has 2 nitrogen and oxygen atoms in total. The molecule has 0 aliphatic rings. The lowest BCUT2D eigenvalue weighted by Gasteiger charge is -1.99. The summed E-state index contributed by atoms with van der Waals surface area (Å²) in [6, 6.07) is 3.82. The highest BCUT2D eigenvalue weighted by atomic mass is 35.5. The fraction of sp³-hybridized carbons (Fsp3) is 0. The molecule has 2 aromatic heterocycles. The minimum Gasteiger partial charge on any atom is -0.397 e. The summed E-state index contributed by atoms with van der Waals surface area (Å²) in [5.41, 5.74) is 8.22. The van der Waals surface area contributed by atoms with Gasteiger partial charge in [0.2, 0.25) is 0 Å². The van der Waals surface area contributed by atoms with E-state index < -0.39 is 0 Å². The predicted octanol–water partition coefficient (Wildman–Crippen LogP) is 3.05. The zero-order valence-corrected chi connectivity index (χ0v) is 8.27. The summed E-state index contributed by atoms with van der Waals surface area (Å²) in [5, 5.41) is 1.95. The molecule has 4 heteroatoms. The monoisotopic (exact) mass is 210 g/mol. The summed E-state index contributed by atoms with van der Waals surface area (Å²) >= 11 is 7.48. The highest BCUT2D eigenvalue weighted by Gasteiger charge is 2.04. The van der Waals surface area contributed by atoms with Gasteiger partial charge in [0.25, 0.3) is 0 Å². The van der Waals surface area contributed by atoms with Crippen molar-refractivity contribution in [1.29, 1.82) is 0 Å². The van der Waals surface area contributed by atoms with Gasteiger partial charge in [0, 0.05) is 23.5 Å². The van der Waals surface area contributed by atoms with E-state index in [1.807, 2.05) is 17.5 Å². The van der Waals surface area contributed by atoms with Gasteiger partial charge in [-0.3, -0.25) is 4.98 Å². The Morgan fingerprint density at radius 1 is 1.38 bits per heavy atom. The van der Waals surface area contributed by atoms with E-state index in [0.717, 1.165) is 15.5 Å². The van der Waals surface area contributed by atoms with Gasteiger partial charge in [-0.25, -0.2) is 0 Å². The zero-order chi connectivity index (χ0) is 9.26. The number of rotatable bonds is 1. The molecule has 0 amide bonds. The van der Waals surface area contributed by atoms with Crippen LogP contribution < -0.4 is 5.73 Å². The van der Waals surface area contributed by atoms with Crippen molar-refractivity contribution in [2.75, 3.05) is 5.73 Å². The van der Waals surface area contributed by atoms with Gasteiger partial charge in [-0.2, -0.15) is 0 Å². The average molecular weight is 211 g/mol. The van der Waals surface area contributed by atoms with E-state index in [-0.39, 0.29) is 0 Å². The third-order valence-corrected chi connectivity index (χ3v) is 2.86. The first-order chi connectivity index (χ1) is 6.27. The molecule has 0 spiro atoms. The molecule has 0 saturated carbocycles. The van der Waals surface area contributed by atoms with Gasteiger partial charge in [0.1, 0.15) is 4.34 Å². The first-order valence-corrected chi connectivity index (χ1v) is 4.97. The summed E-state index contributed by atoms with van der Waals surface area (Å²) in [7, 11) is 0. The number of nitrogens with two attached hydrogens (primary N) is 1. The van der Waals surface area contributed by atoms with E-state index in [0.29, 0.717) is 5.69 Å². The minimum absolute atomic E-state index is 0.653. The Balaban J connectivity index is 2.53. The molecule has 2 rings (SSSR count). The van der Waals surface area contributed by atoms with Gasteiger partial charge in [0.05, 0.1) is 5.69 Å². The van der Waals surface area contributed by atoms with Gasteiger partial charge in [-0.05, 0) is 17.5 Å². The third kappa shape index (κ3) is 1.66. The van der Waals surface area contributed by atoms with E-state index in [2.05, 4.69) is 4.98 Å². The van der Waals surface area contributed by atoms with Crippen molar-refractivity contribution >= 4 is 28.6 Å². The largest absolute Gasteiger partial charge is 0.397 e. The molecule has 0 atom stereocenters. The molecule has 0 aromatic carbocycles. The number of hydrogen-bond acceptors (Lipinski definition) is 3. The van der Waals surface area contributed by atoms with Crippen molar-refractivity contribution in [3.8, 4) is 11.1 Å².